The van der Waals surface area contributed by atoms with Gasteiger partial charge in [-0.15, -0.1) is 0 Å². The highest BCUT2D eigenvalue weighted by atomic mass is 16.2. The molecule has 2 amide bonds. The number of amides is 2. The number of aromatic amines is 1. The number of carbonyl (C=O) groups excluding carboxylic acids is 2. The fraction of sp³-hybridized carbons (Fsp3) is 0.385. The third kappa shape index (κ3) is 4.97. The summed E-state index contributed by atoms with van der Waals surface area (Å²) in [4.78, 5) is 34.5. The summed E-state index contributed by atoms with van der Waals surface area (Å²) in [5.74, 6) is 0.0529. The smallest absolute Gasteiger partial charge is 0.275 e. The van der Waals surface area contributed by atoms with Crippen molar-refractivity contribution in [3.05, 3.63) is 71.8 Å². The summed E-state index contributed by atoms with van der Waals surface area (Å²) in [6.07, 6.45) is 4.89. The van der Waals surface area contributed by atoms with Crippen LogP contribution >= 0.6 is 0 Å². The molecule has 0 radical (unpaired) electrons. The van der Waals surface area contributed by atoms with E-state index in [4.69, 9.17) is 0 Å². The van der Waals surface area contributed by atoms with Crippen LogP contribution < -0.4 is 0 Å². The molecule has 3 heterocycles. The molecule has 1 saturated heterocycles. The van der Waals surface area contributed by atoms with Crippen LogP contribution in [0.15, 0.2) is 54.9 Å². The number of hydrogen-bond acceptors (Lipinski definition) is 4. The van der Waals surface area contributed by atoms with Crippen LogP contribution in [0.4, 0.5) is 0 Å². The maximum atomic E-state index is 13.4. The van der Waals surface area contributed by atoms with Crippen LogP contribution in [0.5, 0.6) is 0 Å². The number of benzene rings is 1. The van der Waals surface area contributed by atoms with E-state index in [2.05, 4.69) is 28.2 Å². The van der Waals surface area contributed by atoms with Gasteiger partial charge in [0.05, 0.1) is 0 Å². The van der Waals surface area contributed by atoms with E-state index in [1.807, 2.05) is 49.1 Å². The van der Waals surface area contributed by atoms with Crippen LogP contribution in [0.3, 0.4) is 0 Å². The number of hydrogen-bond donors (Lipinski definition) is 1. The minimum absolute atomic E-state index is 0.00498. The zero-order valence-corrected chi connectivity index (χ0v) is 19.5. The van der Waals surface area contributed by atoms with Gasteiger partial charge < -0.3 is 9.80 Å². The fourth-order valence-electron chi connectivity index (χ4n) is 4.31. The van der Waals surface area contributed by atoms with Crippen molar-refractivity contribution in [1.82, 2.24) is 25.0 Å². The summed E-state index contributed by atoms with van der Waals surface area (Å²) < 4.78 is 0. The van der Waals surface area contributed by atoms with Gasteiger partial charge in [-0.3, -0.25) is 19.7 Å². The number of H-pyrrole nitrogens is 1. The van der Waals surface area contributed by atoms with Gasteiger partial charge in [0.25, 0.3) is 5.91 Å². The van der Waals surface area contributed by atoms with Crippen LogP contribution in [-0.2, 0) is 11.2 Å². The normalized spacial score (nSPS) is 16.5. The molecule has 0 saturated carbocycles. The Kier molecular flexibility index (Phi) is 6.87. The molecule has 1 aliphatic rings. The largest absolute Gasteiger partial charge is 0.339 e. The summed E-state index contributed by atoms with van der Waals surface area (Å²) in [5, 5.41) is 7.20. The molecule has 2 aromatic heterocycles. The Bertz CT molecular complexity index is 1110. The van der Waals surface area contributed by atoms with Gasteiger partial charge in [-0.1, -0.05) is 45.0 Å². The summed E-state index contributed by atoms with van der Waals surface area (Å²) in [6, 6.07) is 13.3. The predicted octanol–water partition coefficient (Wildman–Crippen LogP) is 3.90. The molecule has 1 fully saturated rings. The quantitative estimate of drug-likeness (QED) is 0.598. The first kappa shape index (κ1) is 22.7. The maximum Gasteiger partial charge on any atom is 0.275 e. The molecule has 0 bridgehead atoms. The van der Waals surface area contributed by atoms with Crippen LogP contribution in [-0.4, -0.2) is 62.5 Å². The number of pyridine rings is 1. The van der Waals surface area contributed by atoms with E-state index in [0.29, 0.717) is 31.7 Å². The Morgan fingerprint density at radius 3 is 2.61 bits per heavy atom. The van der Waals surface area contributed by atoms with Crippen LogP contribution in [0.1, 0.15) is 54.9 Å². The number of rotatable bonds is 7. The molecule has 0 spiro atoms. The van der Waals surface area contributed by atoms with Crippen molar-refractivity contribution in [2.24, 2.45) is 0 Å². The lowest BCUT2D eigenvalue weighted by Gasteiger charge is -2.40. The highest BCUT2D eigenvalue weighted by Crippen LogP contribution is 2.24. The summed E-state index contributed by atoms with van der Waals surface area (Å²) in [7, 11) is 0. The molecule has 7 nitrogen and oxygen atoms in total. The van der Waals surface area contributed by atoms with Gasteiger partial charge >= 0.3 is 0 Å². The SMILES string of the molecule is CCCN1CCN(C(=O)c2cc(C(C)C)[nH]n2)[C@@H](Cc2cccc(-c3ccncc3)c2)C1=O. The van der Waals surface area contributed by atoms with Crippen molar-refractivity contribution in [2.45, 2.75) is 45.6 Å². The number of aromatic nitrogens is 3. The molecule has 1 aromatic carbocycles. The molecule has 1 aliphatic heterocycles. The summed E-state index contributed by atoms with van der Waals surface area (Å²) >= 11 is 0. The molecule has 172 valence electrons. The Hall–Kier alpha value is -3.48. The first-order valence-corrected chi connectivity index (χ1v) is 11.6. The first-order valence-electron chi connectivity index (χ1n) is 11.6. The van der Waals surface area contributed by atoms with Crippen molar-refractivity contribution in [2.75, 3.05) is 19.6 Å². The highest BCUT2D eigenvalue weighted by molar-refractivity contribution is 5.97. The Morgan fingerprint density at radius 2 is 1.91 bits per heavy atom. The molecule has 0 aliphatic carbocycles. The molecule has 0 unspecified atom stereocenters. The highest BCUT2D eigenvalue weighted by Gasteiger charge is 2.38. The monoisotopic (exact) mass is 445 g/mol. The second-order valence-corrected chi connectivity index (χ2v) is 8.84. The number of nitrogens with zero attached hydrogens (tertiary/aromatic N) is 4. The average Bonchev–Trinajstić information content (AvgIpc) is 3.33. The molecule has 7 heteroatoms. The van der Waals surface area contributed by atoms with Gasteiger partial charge in [0, 0.05) is 44.1 Å². The van der Waals surface area contributed by atoms with E-state index >= 15 is 0 Å². The van der Waals surface area contributed by atoms with Crippen molar-refractivity contribution in [1.29, 1.82) is 0 Å². The Morgan fingerprint density at radius 1 is 1.12 bits per heavy atom. The van der Waals surface area contributed by atoms with Crippen LogP contribution in [0, 0.1) is 0 Å². The van der Waals surface area contributed by atoms with Gasteiger partial charge in [-0.25, -0.2) is 0 Å². The third-order valence-corrected chi connectivity index (χ3v) is 6.15. The Labute approximate surface area is 194 Å². The second kappa shape index (κ2) is 9.98. The fourth-order valence-corrected chi connectivity index (χ4v) is 4.31. The summed E-state index contributed by atoms with van der Waals surface area (Å²) in [5.41, 5.74) is 4.43. The van der Waals surface area contributed by atoms with E-state index in [1.54, 1.807) is 23.4 Å². The number of piperazine rings is 1. The summed E-state index contributed by atoms with van der Waals surface area (Å²) in [6.45, 7) is 7.92. The van der Waals surface area contributed by atoms with E-state index in [9.17, 15) is 9.59 Å². The molecule has 3 aromatic rings. The molecule has 1 N–H and O–H groups in total. The van der Waals surface area contributed by atoms with Crippen molar-refractivity contribution >= 4 is 11.8 Å². The lowest BCUT2D eigenvalue weighted by Crippen LogP contribution is -2.59. The first-order chi connectivity index (χ1) is 16.0. The van der Waals surface area contributed by atoms with Crippen LogP contribution in [0.25, 0.3) is 11.1 Å². The minimum Gasteiger partial charge on any atom is -0.339 e. The molecular weight excluding hydrogens is 414 g/mol. The second-order valence-electron chi connectivity index (χ2n) is 8.84. The van der Waals surface area contributed by atoms with Crippen molar-refractivity contribution < 1.29 is 9.59 Å². The number of nitrogens with one attached hydrogen (secondary N) is 1. The van der Waals surface area contributed by atoms with E-state index < -0.39 is 6.04 Å². The van der Waals surface area contributed by atoms with E-state index in [1.165, 1.54) is 0 Å². The minimum atomic E-state index is -0.551. The average molecular weight is 446 g/mol. The van der Waals surface area contributed by atoms with Crippen molar-refractivity contribution in [3.8, 4) is 11.1 Å². The third-order valence-electron chi connectivity index (χ3n) is 6.15. The molecule has 4 rings (SSSR count). The lowest BCUT2D eigenvalue weighted by atomic mass is 9.97. The zero-order chi connectivity index (χ0) is 23.4. The predicted molar refractivity (Wildman–Crippen MR) is 128 cm³/mol. The van der Waals surface area contributed by atoms with Gasteiger partial charge in [-0.05, 0) is 47.2 Å². The Balaban J connectivity index is 1.62. The van der Waals surface area contributed by atoms with E-state index in [0.717, 1.165) is 28.8 Å². The lowest BCUT2D eigenvalue weighted by molar-refractivity contribution is -0.140. The topological polar surface area (TPSA) is 82.2 Å². The van der Waals surface area contributed by atoms with Crippen molar-refractivity contribution in [3.63, 3.8) is 0 Å². The zero-order valence-electron chi connectivity index (χ0n) is 19.5. The van der Waals surface area contributed by atoms with Gasteiger partial charge in [0.1, 0.15) is 11.7 Å². The molecular formula is C26H31N5O2. The van der Waals surface area contributed by atoms with Gasteiger partial charge in [0.2, 0.25) is 5.91 Å². The molecule has 33 heavy (non-hydrogen) atoms. The van der Waals surface area contributed by atoms with Crippen LogP contribution in [0.2, 0.25) is 0 Å². The molecule has 1 atom stereocenters. The van der Waals surface area contributed by atoms with E-state index in [-0.39, 0.29) is 17.7 Å². The number of carbonyl (C=O) groups is 2. The maximum absolute atomic E-state index is 13.4. The van der Waals surface area contributed by atoms with Gasteiger partial charge in [-0.2, -0.15) is 5.10 Å². The van der Waals surface area contributed by atoms with Gasteiger partial charge in [0.15, 0.2) is 0 Å². The standard InChI is InChI=1S/C26H31N5O2/c1-4-12-30-13-14-31(25(32)23-17-22(18(2)3)28-29-23)24(26(30)33)16-19-6-5-7-21(15-19)20-8-10-27-11-9-20/h5-11,15,17-18,24H,4,12-14,16H2,1-3H3,(H,28,29)/t24-/m0/s1.